The second-order valence-corrected chi connectivity index (χ2v) is 5.26. The van der Waals surface area contributed by atoms with E-state index in [4.69, 9.17) is 0 Å². The Labute approximate surface area is 114 Å². The van der Waals surface area contributed by atoms with E-state index in [0.29, 0.717) is 0 Å². The molecule has 3 nitrogen and oxygen atoms in total. The highest BCUT2D eigenvalue weighted by atomic mass is 19.1. The van der Waals surface area contributed by atoms with Crippen LogP contribution in [0.1, 0.15) is 30.9 Å². The van der Waals surface area contributed by atoms with Gasteiger partial charge in [-0.25, -0.2) is 4.39 Å². The molecule has 1 saturated heterocycles. The number of benzene rings is 1. The predicted octanol–water partition coefficient (Wildman–Crippen LogP) is 1.93. The van der Waals surface area contributed by atoms with Gasteiger partial charge >= 0.3 is 0 Å². The van der Waals surface area contributed by atoms with Crippen LogP contribution in [0.15, 0.2) is 24.3 Å². The molecule has 0 aromatic heterocycles. The van der Waals surface area contributed by atoms with Crippen LogP contribution in [-0.2, 0) is 0 Å². The quantitative estimate of drug-likeness (QED) is 0.855. The summed E-state index contributed by atoms with van der Waals surface area (Å²) in [5.41, 5.74) is 1.000. The Hall–Kier alpha value is -0.970. The lowest BCUT2D eigenvalue weighted by Gasteiger charge is -2.30. The van der Waals surface area contributed by atoms with Gasteiger partial charge in [0.15, 0.2) is 0 Å². The van der Waals surface area contributed by atoms with E-state index in [9.17, 15) is 9.50 Å². The van der Waals surface area contributed by atoms with Crippen LogP contribution in [-0.4, -0.2) is 42.8 Å². The van der Waals surface area contributed by atoms with Crippen LogP contribution >= 0.6 is 0 Å². The fourth-order valence-electron chi connectivity index (χ4n) is 2.66. The summed E-state index contributed by atoms with van der Waals surface area (Å²) in [6, 6.07) is 6.97. The normalized spacial score (nSPS) is 19.5. The van der Waals surface area contributed by atoms with Gasteiger partial charge in [-0.15, -0.1) is 0 Å². The lowest BCUT2D eigenvalue weighted by atomic mass is 10.0. The molecule has 1 aromatic rings. The molecule has 1 heterocycles. The number of hydrogen-bond donors (Lipinski definition) is 2. The maximum atomic E-state index is 13.2. The molecule has 0 aliphatic carbocycles. The third-order valence-electron chi connectivity index (χ3n) is 3.89. The summed E-state index contributed by atoms with van der Waals surface area (Å²) in [6.45, 7) is 2.90. The molecule has 2 rings (SSSR count). The van der Waals surface area contributed by atoms with Crippen LogP contribution in [0.2, 0.25) is 0 Å². The summed E-state index contributed by atoms with van der Waals surface area (Å²) in [5, 5.41) is 12.7. The third-order valence-corrected chi connectivity index (χ3v) is 3.89. The molecule has 1 aliphatic heterocycles. The minimum atomic E-state index is -0.182. The molecule has 1 unspecified atom stereocenters. The number of piperidine rings is 1. The van der Waals surface area contributed by atoms with Gasteiger partial charge in [0.05, 0.1) is 6.10 Å². The highest BCUT2D eigenvalue weighted by molar-refractivity contribution is 5.20. The van der Waals surface area contributed by atoms with Gasteiger partial charge in [-0.3, -0.25) is 0 Å². The molecule has 1 fully saturated rings. The number of rotatable bonds is 5. The number of nitrogens with zero attached hydrogens (tertiary/aromatic N) is 1. The fourth-order valence-corrected chi connectivity index (χ4v) is 2.66. The molecular formula is C15H23FN2O. The largest absolute Gasteiger partial charge is 0.393 e. The van der Waals surface area contributed by atoms with E-state index in [1.807, 2.05) is 13.1 Å². The van der Waals surface area contributed by atoms with E-state index in [-0.39, 0.29) is 18.0 Å². The molecule has 4 heteroatoms. The first-order valence-corrected chi connectivity index (χ1v) is 7.02. The lowest BCUT2D eigenvalue weighted by molar-refractivity contribution is 0.0807. The van der Waals surface area contributed by atoms with Gasteiger partial charge in [0.2, 0.25) is 0 Å². The SMILES string of the molecule is CNC(CCN1CCC(O)CC1)c1cccc(F)c1. The van der Waals surface area contributed by atoms with E-state index in [2.05, 4.69) is 10.2 Å². The van der Waals surface area contributed by atoms with Gasteiger partial charge in [0.1, 0.15) is 5.82 Å². The third kappa shape index (κ3) is 4.27. The molecule has 0 spiro atoms. The van der Waals surface area contributed by atoms with Crippen molar-refractivity contribution < 1.29 is 9.50 Å². The van der Waals surface area contributed by atoms with Crippen molar-refractivity contribution in [1.29, 1.82) is 0 Å². The van der Waals surface area contributed by atoms with Gasteiger partial charge in [0, 0.05) is 19.1 Å². The Kier molecular flexibility index (Phi) is 5.31. The Bertz CT molecular complexity index is 391. The molecule has 1 aromatic carbocycles. The number of nitrogens with one attached hydrogen (secondary N) is 1. The maximum absolute atomic E-state index is 13.2. The molecule has 1 atom stereocenters. The second-order valence-electron chi connectivity index (χ2n) is 5.26. The zero-order valence-electron chi connectivity index (χ0n) is 11.5. The van der Waals surface area contributed by atoms with Gasteiger partial charge in [-0.2, -0.15) is 0 Å². The first kappa shape index (κ1) is 14.4. The summed E-state index contributed by atoms with van der Waals surface area (Å²) in [6.07, 6.45) is 2.56. The van der Waals surface area contributed by atoms with Crippen LogP contribution in [0.4, 0.5) is 4.39 Å². The van der Waals surface area contributed by atoms with Crippen LogP contribution in [0.25, 0.3) is 0 Å². The van der Waals surface area contributed by atoms with E-state index in [1.165, 1.54) is 6.07 Å². The predicted molar refractivity (Wildman–Crippen MR) is 74.5 cm³/mol. The topological polar surface area (TPSA) is 35.5 Å². The number of likely N-dealkylation sites (tertiary alicyclic amines) is 1. The van der Waals surface area contributed by atoms with Crippen molar-refractivity contribution in [3.05, 3.63) is 35.6 Å². The van der Waals surface area contributed by atoms with Gasteiger partial charge < -0.3 is 15.3 Å². The average Bonchev–Trinajstić information content (AvgIpc) is 2.42. The molecule has 1 aliphatic rings. The summed E-state index contributed by atoms with van der Waals surface area (Å²) in [5.74, 6) is -0.182. The van der Waals surface area contributed by atoms with Crippen LogP contribution in [0, 0.1) is 5.82 Å². The molecule has 2 N–H and O–H groups in total. The summed E-state index contributed by atoms with van der Waals surface area (Å²) in [4.78, 5) is 2.37. The summed E-state index contributed by atoms with van der Waals surface area (Å²) in [7, 11) is 1.91. The average molecular weight is 266 g/mol. The highest BCUT2D eigenvalue weighted by Gasteiger charge is 2.18. The Morgan fingerprint density at radius 1 is 1.42 bits per heavy atom. The molecule has 0 bridgehead atoms. The fraction of sp³-hybridized carbons (Fsp3) is 0.600. The molecular weight excluding hydrogens is 243 g/mol. The van der Waals surface area contributed by atoms with Gasteiger partial charge in [-0.1, -0.05) is 12.1 Å². The summed E-state index contributed by atoms with van der Waals surface area (Å²) < 4.78 is 13.2. The number of halogens is 1. The number of hydrogen-bond acceptors (Lipinski definition) is 3. The van der Waals surface area contributed by atoms with E-state index < -0.39 is 0 Å². The zero-order valence-corrected chi connectivity index (χ0v) is 11.5. The first-order valence-electron chi connectivity index (χ1n) is 7.02. The Morgan fingerprint density at radius 3 is 2.79 bits per heavy atom. The van der Waals surface area contributed by atoms with E-state index in [1.54, 1.807) is 12.1 Å². The highest BCUT2D eigenvalue weighted by Crippen LogP contribution is 2.19. The Morgan fingerprint density at radius 2 is 2.16 bits per heavy atom. The number of aliphatic hydroxyl groups is 1. The molecule has 0 radical (unpaired) electrons. The van der Waals surface area contributed by atoms with Crippen LogP contribution < -0.4 is 5.32 Å². The minimum Gasteiger partial charge on any atom is -0.393 e. The smallest absolute Gasteiger partial charge is 0.123 e. The molecule has 0 saturated carbocycles. The Balaban J connectivity index is 1.86. The van der Waals surface area contributed by atoms with Crippen molar-refractivity contribution in [2.45, 2.75) is 31.4 Å². The van der Waals surface area contributed by atoms with Gasteiger partial charge in [-0.05, 0) is 50.6 Å². The molecule has 19 heavy (non-hydrogen) atoms. The summed E-state index contributed by atoms with van der Waals surface area (Å²) >= 11 is 0. The van der Waals surface area contributed by atoms with Crippen molar-refractivity contribution in [2.24, 2.45) is 0 Å². The van der Waals surface area contributed by atoms with Crippen LogP contribution in [0.3, 0.4) is 0 Å². The minimum absolute atomic E-state index is 0.125. The van der Waals surface area contributed by atoms with E-state index in [0.717, 1.165) is 44.5 Å². The standard InChI is InChI=1S/C15H23FN2O/c1-17-15(12-3-2-4-13(16)11-12)7-10-18-8-5-14(19)6-9-18/h2-4,11,14-15,17,19H,5-10H2,1H3. The van der Waals surface area contributed by atoms with Crippen molar-refractivity contribution in [3.8, 4) is 0 Å². The van der Waals surface area contributed by atoms with E-state index >= 15 is 0 Å². The van der Waals surface area contributed by atoms with Crippen molar-refractivity contribution in [2.75, 3.05) is 26.7 Å². The van der Waals surface area contributed by atoms with Gasteiger partial charge in [0.25, 0.3) is 0 Å². The zero-order chi connectivity index (χ0) is 13.7. The molecule has 106 valence electrons. The van der Waals surface area contributed by atoms with Crippen molar-refractivity contribution in [3.63, 3.8) is 0 Å². The second kappa shape index (κ2) is 6.98. The van der Waals surface area contributed by atoms with Crippen molar-refractivity contribution in [1.82, 2.24) is 10.2 Å². The van der Waals surface area contributed by atoms with Crippen LogP contribution in [0.5, 0.6) is 0 Å². The first-order chi connectivity index (χ1) is 9.19. The van der Waals surface area contributed by atoms with Crippen molar-refractivity contribution >= 4 is 0 Å². The molecule has 0 amide bonds. The number of aliphatic hydroxyl groups excluding tert-OH is 1. The lowest BCUT2D eigenvalue weighted by Crippen LogP contribution is -2.37. The monoisotopic (exact) mass is 266 g/mol. The maximum Gasteiger partial charge on any atom is 0.123 e.